The molecule has 3 aromatic carbocycles. The number of nitrogens with one attached hydrogen (secondary N) is 1. The van der Waals surface area contributed by atoms with E-state index in [4.69, 9.17) is 4.74 Å². The maximum atomic E-state index is 13.2. The van der Waals surface area contributed by atoms with Gasteiger partial charge < -0.3 is 15.2 Å². The van der Waals surface area contributed by atoms with Crippen LogP contribution in [0.3, 0.4) is 0 Å². The van der Waals surface area contributed by atoms with Gasteiger partial charge in [-0.15, -0.1) is 0 Å². The first-order valence-corrected chi connectivity index (χ1v) is 12.4. The second-order valence-electron chi connectivity index (χ2n) is 9.50. The Morgan fingerprint density at radius 3 is 2.36 bits per heavy atom. The topological polar surface area (TPSA) is 78.9 Å². The Hall–Kier alpha value is -3.64. The molecule has 0 bridgehead atoms. The summed E-state index contributed by atoms with van der Waals surface area (Å²) in [4.78, 5) is 27.0. The SMILES string of the molecule is Cc1cc(/C=C(\COc2cccc3ccccc23)C(=O)NCCN(C(C)C)C(C)C)ccc1C(=O)O. The molecule has 6 nitrogen and oxygen atoms in total. The summed E-state index contributed by atoms with van der Waals surface area (Å²) in [5.74, 6) is -0.474. The fourth-order valence-electron chi connectivity index (χ4n) is 4.39. The molecule has 1 amide bonds. The summed E-state index contributed by atoms with van der Waals surface area (Å²) in [7, 11) is 0. The van der Waals surface area contributed by atoms with Crippen LogP contribution in [0.2, 0.25) is 0 Å². The smallest absolute Gasteiger partial charge is 0.335 e. The van der Waals surface area contributed by atoms with Crippen molar-refractivity contribution in [2.24, 2.45) is 0 Å². The molecule has 3 rings (SSSR count). The van der Waals surface area contributed by atoms with Gasteiger partial charge in [-0.25, -0.2) is 4.79 Å². The van der Waals surface area contributed by atoms with E-state index in [2.05, 4.69) is 37.9 Å². The lowest BCUT2D eigenvalue weighted by Crippen LogP contribution is -2.42. The van der Waals surface area contributed by atoms with Crippen molar-refractivity contribution < 1.29 is 19.4 Å². The predicted octanol–water partition coefficient (Wildman–Crippen LogP) is 5.54. The quantitative estimate of drug-likeness (QED) is 0.346. The highest BCUT2D eigenvalue weighted by Gasteiger charge is 2.16. The number of fused-ring (bicyclic) bond motifs is 1. The molecule has 0 heterocycles. The molecule has 36 heavy (non-hydrogen) atoms. The number of amides is 1. The summed E-state index contributed by atoms with van der Waals surface area (Å²) in [5, 5.41) is 14.4. The summed E-state index contributed by atoms with van der Waals surface area (Å²) in [6.45, 7) is 11.7. The van der Waals surface area contributed by atoms with E-state index in [1.54, 1.807) is 31.2 Å². The number of hydrogen-bond donors (Lipinski definition) is 2. The van der Waals surface area contributed by atoms with Crippen molar-refractivity contribution in [2.45, 2.75) is 46.7 Å². The van der Waals surface area contributed by atoms with Crippen LogP contribution in [-0.2, 0) is 4.79 Å². The maximum absolute atomic E-state index is 13.2. The van der Waals surface area contributed by atoms with Crippen molar-refractivity contribution in [3.63, 3.8) is 0 Å². The van der Waals surface area contributed by atoms with Gasteiger partial charge in [0.05, 0.1) is 11.1 Å². The zero-order valence-electron chi connectivity index (χ0n) is 21.7. The molecule has 0 aliphatic rings. The van der Waals surface area contributed by atoms with Gasteiger partial charge in [0.2, 0.25) is 0 Å². The van der Waals surface area contributed by atoms with Crippen molar-refractivity contribution in [3.8, 4) is 5.75 Å². The van der Waals surface area contributed by atoms with E-state index in [9.17, 15) is 14.7 Å². The second-order valence-corrected chi connectivity index (χ2v) is 9.50. The molecule has 6 heteroatoms. The van der Waals surface area contributed by atoms with E-state index in [0.717, 1.165) is 22.9 Å². The standard InChI is InChI=1S/C30H36N2O4/c1-20(2)32(21(3)4)16-15-31-29(33)25(18-23-13-14-26(30(34)35)22(5)17-23)19-36-28-12-8-10-24-9-6-7-11-27(24)28/h6-14,17-18,20-21H,15-16,19H2,1-5H3,(H,31,33)(H,34,35)/b25-18+. The first-order valence-electron chi connectivity index (χ1n) is 12.4. The zero-order chi connectivity index (χ0) is 26.2. The Morgan fingerprint density at radius 2 is 1.69 bits per heavy atom. The molecule has 0 spiro atoms. The van der Waals surface area contributed by atoms with Gasteiger partial charge in [-0.05, 0) is 69.3 Å². The van der Waals surface area contributed by atoms with E-state index in [1.165, 1.54) is 0 Å². The minimum Gasteiger partial charge on any atom is -0.488 e. The van der Waals surface area contributed by atoms with Gasteiger partial charge in [0.15, 0.2) is 0 Å². The van der Waals surface area contributed by atoms with Gasteiger partial charge in [0, 0.05) is 30.6 Å². The normalized spacial score (nSPS) is 11.9. The van der Waals surface area contributed by atoms with Crippen LogP contribution in [-0.4, -0.2) is 53.7 Å². The summed E-state index contributed by atoms with van der Waals surface area (Å²) >= 11 is 0. The van der Waals surface area contributed by atoms with E-state index >= 15 is 0 Å². The minimum atomic E-state index is -0.972. The molecule has 0 saturated carbocycles. The van der Waals surface area contributed by atoms with E-state index in [0.29, 0.717) is 35.5 Å². The maximum Gasteiger partial charge on any atom is 0.335 e. The molecule has 0 fully saturated rings. The predicted molar refractivity (Wildman–Crippen MR) is 146 cm³/mol. The zero-order valence-corrected chi connectivity index (χ0v) is 21.7. The van der Waals surface area contributed by atoms with Crippen molar-refractivity contribution in [1.29, 1.82) is 0 Å². The van der Waals surface area contributed by atoms with Gasteiger partial charge in [-0.3, -0.25) is 9.69 Å². The summed E-state index contributed by atoms with van der Waals surface area (Å²) in [6, 6.07) is 19.6. The average molecular weight is 489 g/mol. The van der Waals surface area contributed by atoms with Crippen molar-refractivity contribution in [1.82, 2.24) is 10.2 Å². The Labute approximate surface area is 213 Å². The molecule has 0 aromatic heterocycles. The van der Waals surface area contributed by atoms with Crippen molar-refractivity contribution in [3.05, 3.63) is 82.9 Å². The Balaban J connectivity index is 1.83. The first kappa shape index (κ1) is 27.0. The molecule has 0 aliphatic carbocycles. The van der Waals surface area contributed by atoms with Crippen molar-refractivity contribution >= 4 is 28.7 Å². The van der Waals surface area contributed by atoms with Crippen LogP contribution in [0.25, 0.3) is 16.8 Å². The van der Waals surface area contributed by atoms with Gasteiger partial charge >= 0.3 is 5.97 Å². The third kappa shape index (κ3) is 6.95. The number of hydrogen-bond acceptors (Lipinski definition) is 4. The Morgan fingerprint density at radius 1 is 1.00 bits per heavy atom. The van der Waals surface area contributed by atoms with Gasteiger partial charge in [0.25, 0.3) is 5.91 Å². The highest BCUT2D eigenvalue weighted by Crippen LogP contribution is 2.26. The molecule has 3 aromatic rings. The van der Waals surface area contributed by atoms with Crippen LogP contribution in [0, 0.1) is 6.92 Å². The number of aromatic carboxylic acids is 1. The second kappa shape index (κ2) is 12.4. The van der Waals surface area contributed by atoms with Crippen molar-refractivity contribution in [2.75, 3.05) is 19.7 Å². The molecular weight excluding hydrogens is 452 g/mol. The number of carboxylic acids is 1. The molecule has 0 atom stereocenters. The number of aryl methyl sites for hydroxylation is 1. The fraction of sp³-hybridized carbons (Fsp3) is 0.333. The van der Waals surface area contributed by atoms with Crippen LogP contribution >= 0.6 is 0 Å². The highest BCUT2D eigenvalue weighted by molar-refractivity contribution is 5.98. The fourth-order valence-corrected chi connectivity index (χ4v) is 4.39. The van der Waals surface area contributed by atoms with E-state index in [-0.39, 0.29) is 18.1 Å². The van der Waals surface area contributed by atoms with Crippen LogP contribution in [0.5, 0.6) is 5.75 Å². The molecular formula is C30H36N2O4. The molecule has 0 saturated heterocycles. The largest absolute Gasteiger partial charge is 0.488 e. The lowest BCUT2D eigenvalue weighted by atomic mass is 10.0. The van der Waals surface area contributed by atoms with Crippen LogP contribution in [0.1, 0.15) is 49.2 Å². The molecule has 0 aliphatic heterocycles. The Kier molecular flexibility index (Phi) is 9.25. The third-order valence-corrected chi connectivity index (χ3v) is 6.23. The minimum absolute atomic E-state index is 0.0810. The first-order chi connectivity index (χ1) is 17.2. The van der Waals surface area contributed by atoms with Gasteiger partial charge in [-0.2, -0.15) is 0 Å². The highest BCUT2D eigenvalue weighted by atomic mass is 16.5. The molecule has 0 unspecified atom stereocenters. The molecule has 0 radical (unpaired) electrons. The number of carbonyl (C=O) groups excluding carboxylic acids is 1. The van der Waals surface area contributed by atoms with E-state index in [1.807, 2.05) is 42.5 Å². The number of ether oxygens (including phenoxy) is 1. The van der Waals surface area contributed by atoms with Crippen LogP contribution in [0.15, 0.2) is 66.2 Å². The molecule has 2 N–H and O–H groups in total. The third-order valence-electron chi connectivity index (χ3n) is 6.23. The number of rotatable bonds is 11. The summed E-state index contributed by atoms with van der Waals surface area (Å²) in [5.41, 5.74) is 2.09. The number of benzene rings is 3. The van der Waals surface area contributed by atoms with Crippen LogP contribution < -0.4 is 10.1 Å². The molecule has 190 valence electrons. The van der Waals surface area contributed by atoms with Gasteiger partial charge in [-0.1, -0.05) is 48.5 Å². The Bertz CT molecular complexity index is 1230. The summed E-state index contributed by atoms with van der Waals surface area (Å²) in [6.07, 6.45) is 1.77. The number of carboxylic acid groups (broad SMARTS) is 1. The average Bonchev–Trinajstić information content (AvgIpc) is 2.83. The van der Waals surface area contributed by atoms with Crippen LogP contribution in [0.4, 0.5) is 0 Å². The lowest BCUT2D eigenvalue weighted by molar-refractivity contribution is -0.117. The number of nitrogens with zero attached hydrogens (tertiary/aromatic N) is 1. The van der Waals surface area contributed by atoms with Gasteiger partial charge in [0.1, 0.15) is 12.4 Å². The summed E-state index contributed by atoms with van der Waals surface area (Å²) < 4.78 is 6.14. The van der Waals surface area contributed by atoms with E-state index < -0.39 is 5.97 Å². The monoisotopic (exact) mass is 488 g/mol. The lowest BCUT2D eigenvalue weighted by Gasteiger charge is -2.30. The number of carbonyl (C=O) groups is 2.